The number of nitrogens with zero attached hydrogens (tertiary/aromatic N) is 4. The van der Waals surface area contributed by atoms with E-state index in [0.29, 0.717) is 22.0 Å². The molecule has 2 heterocycles. The smallest absolute Gasteiger partial charge is 0.282 e. The highest BCUT2D eigenvalue weighted by molar-refractivity contribution is 7.07. The maximum atomic E-state index is 13.5. The minimum Gasteiger partial charge on any atom is -0.454 e. The fraction of sp³-hybridized carbons (Fsp3) is 0.120. The average Bonchev–Trinajstić information content (AvgIpc) is 3.46. The van der Waals surface area contributed by atoms with Crippen LogP contribution in [0.1, 0.15) is 16.7 Å². The van der Waals surface area contributed by atoms with Crippen LogP contribution in [-0.4, -0.2) is 22.6 Å². The third-order valence-corrected chi connectivity index (χ3v) is 6.32. The van der Waals surface area contributed by atoms with Crippen molar-refractivity contribution in [1.82, 2.24) is 4.68 Å². The molecule has 1 aliphatic rings. The van der Waals surface area contributed by atoms with Crippen LogP contribution in [0.2, 0.25) is 0 Å². The normalized spacial score (nSPS) is 13.1. The van der Waals surface area contributed by atoms with Crippen molar-refractivity contribution in [1.29, 1.82) is 0 Å². The Kier molecular flexibility index (Phi) is 5.87. The van der Waals surface area contributed by atoms with Gasteiger partial charge in [0.2, 0.25) is 11.6 Å². The molecule has 0 saturated carbocycles. The van der Waals surface area contributed by atoms with Crippen LogP contribution in [0.25, 0.3) is 11.3 Å². The van der Waals surface area contributed by atoms with Crippen LogP contribution in [0, 0.1) is 29.8 Å². The highest BCUT2D eigenvalue weighted by Gasteiger charge is 2.22. The van der Waals surface area contributed by atoms with Gasteiger partial charge in [-0.15, -0.1) is 11.3 Å². The van der Waals surface area contributed by atoms with E-state index in [1.54, 1.807) is 16.8 Å². The van der Waals surface area contributed by atoms with Gasteiger partial charge in [0.15, 0.2) is 11.5 Å². The lowest BCUT2D eigenvalue weighted by atomic mass is 10.1. The Labute approximate surface area is 203 Å². The number of aromatic nitrogens is 1. The Morgan fingerprint density at radius 2 is 1.77 bits per heavy atom. The molecule has 0 N–H and O–H groups in total. The summed E-state index contributed by atoms with van der Waals surface area (Å²) in [6, 6.07) is 14.8. The van der Waals surface area contributed by atoms with Crippen LogP contribution in [0.15, 0.2) is 70.1 Å². The number of rotatable bonds is 5. The number of hydrogen-bond acceptors (Lipinski definition) is 7. The van der Waals surface area contributed by atoms with Gasteiger partial charge in [-0.25, -0.2) is 14.1 Å². The van der Waals surface area contributed by atoms with Crippen molar-refractivity contribution in [2.24, 2.45) is 10.1 Å². The number of ether oxygens (including phenoxy) is 2. The van der Waals surface area contributed by atoms with Crippen molar-refractivity contribution in [2.75, 3.05) is 6.79 Å². The molecule has 8 nitrogen and oxygen atoms in total. The third kappa shape index (κ3) is 4.43. The lowest BCUT2D eigenvalue weighted by molar-refractivity contribution is -0.385. The summed E-state index contributed by atoms with van der Waals surface area (Å²) in [4.78, 5) is 16.6. The van der Waals surface area contributed by atoms with Crippen LogP contribution >= 0.6 is 11.3 Å². The summed E-state index contributed by atoms with van der Waals surface area (Å²) < 4.78 is 25.8. The second kappa shape index (κ2) is 9.15. The molecule has 0 atom stereocenters. The number of thiazole rings is 1. The van der Waals surface area contributed by atoms with Gasteiger partial charge in [-0.05, 0) is 55.3 Å². The van der Waals surface area contributed by atoms with Gasteiger partial charge >= 0.3 is 0 Å². The van der Waals surface area contributed by atoms with Crippen LogP contribution in [0.5, 0.6) is 11.5 Å². The van der Waals surface area contributed by atoms with Crippen molar-refractivity contribution in [2.45, 2.75) is 13.8 Å². The predicted molar refractivity (Wildman–Crippen MR) is 131 cm³/mol. The first-order chi connectivity index (χ1) is 16.9. The zero-order chi connectivity index (χ0) is 24.5. The van der Waals surface area contributed by atoms with Gasteiger partial charge in [-0.2, -0.15) is 5.10 Å². The van der Waals surface area contributed by atoms with Gasteiger partial charge < -0.3 is 9.47 Å². The van der Waals surface area contributed by atoms with Crippen molar-refractivity contribution in [3.05, 3.63) is 97.4 Å². The number of halogens is 1. The quantitative estimate of drug-likeness (QED) is 0.203. The van der Waals surface area contributed by atoms with Crippen molar-refractivity contribution < 1.29 is 18.8 Å². The lowest BCUT2D eigenvalue weighted by Gasteiger charge is -2.06. The van der Waals surface area contributed by atoms with E-state index >= 15 is 0 Å². The van der Waals surface area contributed by atoms with E-state index in [9.17, 15) is 14.5 Å². The highest BCUT2D eigenvalue weighted by Crippen LogP contribution is 2.37. The second-order valence-corrected chi connectivity index (χ2v) is 8.68. The summed E-state index contributed by atoms with van der Waals surface area (Å²) in [5.41, 5.74) is 4.30. The molecule has 0 bridgehead atoms. The van der Waals surface area contributed by atoms with Gasteiger partial charge in [-0.3, -0.25) is 10.1 Å². The number of hydrogen-bond donors (Lipinski definition) is 0. The highest BCUT2D eigenvalue weighted by atomic mass is 32.1. The van der Waals surface area contributed by atoms with Crippen LogP contribution in [0.3, 0.4) is 0 Å². The number of aryl methyl sites for hydroxylation is 2. The summed E-state index contributed by atoms with van der Waals surface area (Å²) in [5, 5.41) is 18.1. The van der Waals surface area contributed by atoms with E-state index in [1.807, 2.05) is 37.4 Å². The molecule has 1 aromatic heterocycles. The Hall–Kier alpha value is -4.31. The number of fused-ring (bicyclic) bond motifs is 1. The molecule has 1 aliphatic heterocycles. The van der Waals surface area contributed by atoms with E-state index < -0.39 is 4.92 Å². The largest absolute Gasteiger partial charge is 0.454 e. The van der Waals surface area contributed by atoms with E-state index in [2.05, 4.69) is 5.10 Å². The summed E-state index contributed by atoms with van der Waals surface area (Å²) in [6.07, 6.45) is 1.39. The maximum Gasteiger partial charge on any atom is 0.282 e. The van der Waals surface area contributed by atoms with E-state index in [4.69, 9.17) is 14.5 Å². The predicted octanol–water partition coefficient (Wildman–Crippen LogP) is 5.72. The molecule has 0 aliphatic carbocycles. The molecule has 5 rings (SSSR count). The van der Waals surface area contributed by atoms with Gasteiger partial charge in [0.05, 0.1) is 34.1 Å². The molecule has 0 unspecified atom stereocenters. The Balaban J connectivity index is 1.68. The van der Waals surface area contributed by atoms with Crippen molar-refractivity contribution in [3.8, 4) is 22.8 Å². The van der Waals surface area contributed by atoms with Gasteiger partial charge in [0.1, 0.15) is 5.82 Å². The molecular formula is C25H19FN4O4S. The molecule has 35 heavy (non-hydrogen) atoms. The van der Waals surface area contributed by atoms with Crippen LogP contribution in [0.4, 0.5) is 15.8 Å². The molecule has 0 amide bonds. The first-order valence-corrected chi connectivity index (χ1v) is 11.5. The molecule has 0 saturated heterocycles. The van der Waals surface area contributed by atoms with E-state index in [1.165, 1.54) is 41.8 Å². The second-order valence-electron chi connectivity index (χ2n) is 7.84. The molecule has 176 valence electrons. The lowest BCUT2D eigenvalue weighted by Crippen LogP contribution is -2.12. The molecule has 4 aromatic rings. The maximum absolute atomic E-state index is 13.5. The van der Waals surface area contributed by atoms with Crippen molar-refractivity contribution in [3.63, 3.8) is 0 Å². The first kappa shape index (κ1) is 22.5. The summed E-state index contributed by atoms with van der Waals surface area (Å²) in [7, 11) is 0. The molecule has 0 fully saturated rings. The van der Waals surface area contributed by atoms with Crippen LogP contribution < -0.4 is 14.3 Å². The summed E-state index contributed by atoms with van der Waals surface area (Å²) in [6.45, 7) is 3.95. The fourth-order valence-corrected chi connectivity index (χ4v) is 4.56. The minimum absolute atomic E-state index is 0.000114. The Morgan fingerprint density at radius 3 is 2.46 bits per heavy atom. The summed E-state index contributed by atoms with van der Waals surface area (Å²) >= 11 is 1.36. The number of nitro benzene ring substituents is 1. The average molecular weight is 491 g/mol. The topological polar surface area (TPSA) is 91.2 Å². The van der Waals surface area contributed by atoms with E-state index in [0.717, 1.165) is 22.4 Å². The molecule has 3 aromatic carbocycles. The van der Waals surface area contributed by atoms with E-state index in [-0.39, 0.29) is 23.9 Å². The minimum atomic E-state index is -0.496. The molecule has 0 radical (unpaired) electrons. The first-order valence-electron chi connectivity index (χ1n) is 10.6. The van der Waals surface area contributed by atoms with Gasteiger partial charge in [0, 0.05) is 10.9 Å². The number of benzene rings is 3. The SMILES string of the molecule is Cc1cccc(C)c1N=c1scc(-c2ccc(F)cc2)n1N=Cc1cc2c(cc1[N+](=O)[O-])OCO2. The standard InChI is InChI=1S/C25H19FN4O4S/c1-15-4-3-5-16(2)24(15)28-25-29(21(13-35-25)17-6-8-19(26)9-7-17)27-12-18-10-22-23(34-14-33-22)11-20(18)30(31)32/h3-13H,14H2,1-2H3. The monoisotopic (exact) mass is 490 g/mol. The fourth-order valence-electron chi connectivity index (χ4n) is 3.71. The van der Waals surface area contributed by atoms with Crippen LogP contribution in [-0.2, 0) is 0 Å². The number of nitro groups is 1. The number of para-hydroxylation sites is 1. The Morgan fingerprint density at radius 1 is 1.09 bits per heavy atom. The molecular weight excluding hydrogens is 471 g/mol. The zero-order valence-corrected chi connectivity index (χ0v) is 19.6. The molecule has 0 spiro atoms. The summed E-state index contributed by atoms with van der Waals surface area (Å²) in [5.74, 6) is 0.372. The third-order valence-electron chi connectivity index (χ3n) is 5.50. The zero-order valence-electron chi connectivity index (χ0n) is 18.8. The van der Waals surface area contributed by atoms with Gasteiger partial charge in [0.25, 0.3) is 5.69 Å². The van der Waals surface area contributed by atoms with Gasteiger partial charge in [-0.1, -0.05) is 18.2 Å². The van der Waals surface area contributed by atoms with Crippen molar-refractivity contribution >= 4 is 28.9 Å². The Bertz CT molecular complexity index is 1520. The molecule has 10 heteroatoms.